The molecule has 3 aromatic rings. The Morgan fingerprint density at radius 1 is 1.00 bits per heavy atom. The monoisotopic (exact) mass is 265 g/mol. The maximum atomic E-state index is 6.12. The van der Waals surface area contributed by atoms with Crippen LogP contribution in [-0.2, 0) is 6.54 Å². The van der Waals surface area contributed by atoms with Gasteiger partial charge in [0.1, 0.15) is 11.3 Å². The molecule has 1 N–H and O–H groups in total. The summed E-state index contributed by atoms with van der Waals surface area (Å²) in [6.07, 6.45) is 0. The van der Waals surface area contributed by atoms with Gasteiger partial charge < -0.3 is 9.73 Å². The topological polar surface area (TPSA) is 25.2 Å². The number of hydrogen-bond acceptors (Lipinski definition) is 2. The summed E-state index contributed by atoms with van der Waals surface area (Å²) in [7, 11) is 0. The minimum Gasteiger partial charge on any atom is -0.459 e. The fourth-order valence-corrected chi connectivity index (χ4v) is 2.54. The van der Waals surface area contributed by atoms with Crippen LogP contribution in [0, 0.1) is 6.92 Å². The predicted molar refractivity (Wildman–Crippen MR) is 83.8 cm³/mol. The average Bonchev–Trinajstić information content (AvgIpc) is 2.83. The quantitative estimate of drug-likeness (QED) is 0.750. The normalized spacial score (nSPS) is 11.1. The van der Waals surface area contributed by atoms with Crippen LogP contribution in [0.1, 0.15) is 18.2 Å². The molecule has 0 bridgehead atoms. The second-order valence-corrected chi connectivity index (χ2v) is 4.98. The lowest BCUT2D eigenvalue weighted by Gasteiger charge is -2.02. The fourth-order valence-electron chi connectivity index (χ4n) is 2.54. The van der Waals surface area contributed by atoms with E-state index in [1.54, 1.807) is 0 Å². The first-order chi connectivity index (χ1) is 9.81. The van der Waals surface area contributed by atoms with Crippen molar-refractivity contribution in [3.05, 3.63) is 59.9 Å². The van der Waals surface area contributed by atoms with Crippen molar-refractivity contribution in [2.45, 2.75) is 20.4 Å². The van der Waals surface area contributed by atoms with Gasteiger partial charge in [-0.1, -0.05) is 55.5 Å². The minimum atomic E-state index is 0.783. The van der Waals surface area contributed by atoms with Crippen molar-refractivity contribution in [1.82, 2.24) is 5.32 Å². The van der Waals surface area contributed by atoms with E-state index in [1.807, 2.05) is 6.07 Å². The van der Waals surface area contributed by atoms with Gasteiger partial charge in [-0.2, -0.15) is 0 Å². The van der Waals surface area contributed by atoms with Crippen molar-refractivity contribution >= 4 is 11.0 Å². The number of aryl methyl sites for hydroxylation is 1. The summed E-state index contributed by atoms with van der Waals surface area (Å²) in [6.45, 7) is 5.97. The van der Waals surface area contributed by atoms with Crippen LogP contribution in [0.2, 0.25) is 0 Å². The first-order valence-electron chi connectivity index (χ1n) is 7.08. The zero-order valence-corrected chi connectivity index (χ0v) is 11.9. The van der Waals surface area contributed by atoms with Crippen LogP contribution >= 0.6 is 0 Å². The highest BCUT2D eigenvalue weighted by molar-refractivity contribution is 5.94. The number of benzene rings is 2. The van der Waals surface area contributed by atoms with E-state index < -0.39 is 0 Å². The molecule has 0 unspecified atom stereocenters. The lowest BCUT2D eigenvalue weighted by molar-refractivity contribution is 0.517. The molecule has 0 atom stereocenters. The Morgan fingerprint density at radius 2 is 1.80 bits per heavy atom. The van der Waals surface area contributed by atoms with Gasteiger partial charge in [0, 0.05) is 10.9 Å². The van der Waals surface area contributed by atoms with E-state index in [-0.39, 0.29) is 0 Å². The van der Waals surface area contributed by atoms with Gasteiger partial charge in [-0.25, -0.2) is 0 Å². The average molecular weight is 265 g/mol. The lowest BCUT2D eigenvalue weighted by Crippen LogP contribution is -2.11. The predicted octanol–water partition coefficient (Wildman–Crippen LogP) is 4.52. The van der Waals surface area contributed by atoms with Crippen LogP contribution < -0.4 is 5.32 Å². The largest absolute Gasteiger partial charge is 0.459 e. The molecule has 20 heavy (non-hydrogen) atoms. The summed E-state index contributed by atoms with van der Waals surface area (Å²) in [6, 6.07) is 16.8. The molecule has 2 nitrogen and oxygen atoms in total. The molecular weight excluding hydrogens is 246 g/mol. The second kappa shape index (κ2) is 5.51. The molecule has 1 heterocycles. The number of hydrogen-bond donors (Lipinski definition) is 1. The summed E-state index contributed by atoms with van der Waals surface area (Å²) >= 11 is 0. The van der Waals surface area contributed by atoms with Crippen LogP contribution in [0.5, 0.6) is 0 Å². The Morgan fingerprint density at radius 3 is 2.55 bits per heavy atom. The smallest absolute Gasteiger partial charge is 0.142 e. The van der Waals surface area contributed by atoms with E-state index in [9.17, 15) is 0 Å². The third kappa shape index (κ3) is 2.23. The Labute approximate surface area is 119 Å². The second-order valence-electron chi connectivity index (χ2n) is 4.98. The van der Waals surface area contributed by atoms with Crippen LogP contribution in [0.15, 0.2) is 52.9 Å². The van der Waals surface area contributed by atoms with Gasteiger partial charge in [-0.15, -0.1) is 0 Å². The van der Waals surface area contributed by atoms with Gasteiger partial charge in [0.15, 0.2) is 0 Å². The Balaban J connectivity index is 2.15. The van der Waals surface area contributed by atoms with Gasteiger partial charge in [-0.3, -0.25) is 0 Å². The molecule has 0 aliphatic carbocycles. The van der Waals surface area contributed by atoms with Gasteiger partial charge in [0.25, 0.3) is 0 Å². The van der Waals surface area contributed by atoms with E-state index in [0.29, 0.717) is 0 Å². The van der Waals surface area contributed by atoms with Gasteiger partial charge in [-0.05, 0) is 24.6 Å². The molecule has 0 saturated heterocycles. The summed E-state index contributed by atoms with van der Waals surface area (Å²) in [5.74, 6) is 1.03. The first kappa shape index (κ1) is 12.9. The molecule has 0 fully saturated rings. The Bertz CT molecular complexity index is 713. The standard InChI is InChI=1S/C18H19NO/c1-3-19-12-17-13(2)15-10-7-11-16(18(15)20-17)14-8-5-4-6-9-14/h4-11,19H,3,12H2,1-2H3. The third-order valence-corrected chi connectivity index (χ3v) is 3.68. The number of nitrogens with one attached hydrogen (secondary N) is 1. The molecule has 0 radical (unpaired) electrons. The van der Waals surface area contributed by atoms with Crippen molar-refractivity contribution in [3.63, 3.8) is 0 Å². The fraction of sp³-hybridized carbons (Fsp3) is 0.222. The maximum absolute atomic E-state index is 6.12. The number of rotatable bonds is 4. The molecule has 0 spiro atoms. The number of furan rings is 1. The molecule has 102 valence electrons. The van der Waals surface area contributed by atoms with E-state index in [2.05, 4.69) is 61.6 Å². The van der Waals surface area contributed by atoms with E-state index >= 15 is 0 Å². The van der Waals surface area contributed by atoms with Crippen LogP contribution in [0.25, 0.3) is 22.1 Å². The summed E-state index contributed by atoms with van der Waals surface area (Å²) in [5.41, 5.74) is 4.58. The van der Waals surface area contributed by atoms with Crippen molar-refractivity contribution in [2.24, 2.45) is 0 Å². The molecule has 3 rings (SSSR count). The SMILES string of the molecule is CCNCc1oc2c(-c3ccccc3)cccc2c1C. The molecule has 1 aromatic heterocycles. The van der Waals surface area contributed by atoms with Crippen molar-refractivity contribution in [3.8, 4) is 11.1 Å². The zero-order chi connectivity index (χ0) is 13.9. The van der Waals surface area contributed by atoms with Gasteiger partial charge >= 0.3 is 0 Å². The van der Waals surface area contributed by atoms with E-state index in [1.165, 1.54) is 16.5 Å². The summed E-state index contributed by atoms with van der Waals surface area (Å²) < 4.78 is 6.12. The minimum absolute atomic E-state index is 0.783. The zero-order valence-electron chi connectivity index (χ0n) is 11.9. The molecule has 0 saturated carbocycles. The highest BCUT2D eigenvalue weighted by Crippen LogP contribution is 2.33. The molecule has 0 amide bonds. The Kier molecular flexibility index (Phi) is 3.57. The van der Waals surface area contributed by atoms with Crippen LogP contribution in [-0.4, -0.2) is 6.54 Å². The maximum Gasteiger partial charge on any atom is 0.142 e. The molecule has 2 aromatic carbocycles. The van der Waals surface area contributed by atoms with Crippen molar-refractivity contribution < 1.29 is 4.42 Å². The van der Waals surface area contributed by atoms with E-state index in [0.717, 1.165) is 30.0 Å². The van der Waals surface area contributed by atoms with E-state index in [4.69, 9.17) is 4.42 Å². The van der Waals surface area contributed by atoms with Crippen molar-refractivity contribution in [1.29, 1.82) is 0 Å². The van der Waals surface area contributed by atoms with Crippen LogP contribution in [0.3, 0.4) is 0 Å². The molecule has 0 aliphatic rings. The number of para-hydroxylation sites is 1. The molecule has 0 aliphatic heterocycles. The van der Waals surface area contributed by atoms with Crippen LogP contribution in [0.4, 0.5) is 0 Å². The number of fused-ring (bicyclic) bond motifs is 1. The highest BCUT2D eigenvalue weighted by atomic mass is 16.3. The first-order valence-corrected chi connectivity index (χ1v) is 7.08. The lowest BCUT2D eigenvalue weighted by atomic mass is 10.0. The summed E-state index contributed by atoms with van der Waals surface area (Å²) in [4.78, 5) is 0. The van der Waals surface area contributed by atoms with Crippen molar-refractivity contribution in [2.75, 3.05) is 6.54 Å². The molecule has 2 heteroatoms. The van der Waals surface area contributed by atoms with Gasteiger partial charge in [0.05, 0.1) is 6.54 Å². The Hall–Kier alpha value is -2.06. The highest BCUT2D eigenvalue weighted by Gasteiger charge is 2.13. The molecular formula is C18H19NO. The summed E-state index contributed by atoms with van der Waals surface area (Å²) in [5, 5.41) is 4.54. The third-order valence-electron chi connectivity index (χ3n) is 3.68. The van der Waals surface area contributed by atoms with Gasteiger partial charge in [0.2, 0.25) is 0 Å².